The van der Waals surface area contributed by atoms with E-state index in [9.17, 15) is 0 Å². The summed E-state index contributed by atoms with van der Waals surface area (Å²) in [5.74, 6) is 0. The van der Waals surface area contributed by atoms with E-state index >= 15 is 0 Å². The first-order valence-corrected chi connectivity index (χ1v) is 4.66. The topological polar surface area (TPSA) is 20.2 Å². The first-order chi connectivity index (χ1) is 6.29. The molecule has 0 bridgehead atoms. The predicted octanol–water partition coefficient (Wildman–Crippen LogP) is 2.56. The molecule has 0 aliphatic heterocycles. The first-order valence-electron chi connectivity index (χ1n) is 4.66. The summed E-state index contributed by atoms with van der Waals surface area (Å²) in [4.78, 5) is 0. The monoisotopic (exact) mass is 176 g/mol. The second-order valence-electron chi connectivity index (χ2n) is 3.25. The van der Waals surface area contributed by atoms with Crippen LogP contribution in [0.3, 0.4) is 0 Å². The van der Waals surface area contributed by atoms with E-state index in [0.29, 0.717) is 0 Å². The van der Waals surface area contributed by atoms with Crippen LogP contribution in [0.4, 0.5) is 0 Å². The lowest BCUT2D eigenvalue weighted by atomic mass is 10.1. The van der Waals surface area contributed by atoms with Crippen molar-refractivity contribution in [3.63, 3.8) is 0 Å². The van der Waals surface area contributed by atoms with Crippen LogP contribution in [-0.4, -0.2) is 11.2 Å². The van der Waals surface area contributed by atoms with Crippen molar-refractivity contribution in [3.8, 4) is 0 Å². The molecule has 0 radical (unpaired) electrons. The smallest absolute Gasteiger partial charge is 0.0546 e. The van der Waals surface area contributed by atoms with Gasteiger partial charge >= 0.3 is 0 Å². The molecule has 0 unspecified atom stereocenters. The molecular formula is C12H16O. The highest BCUT2D eigenvalue weighted by molar-refractivity contribution is 5.17. The van der Waals surface area contributed by atoms with Crippen molar-refractivity contribution in [2.75, 3.05) is 0 Å². The van der Waals surface area contributed by atoms with Gasteiger partial charge in [0.05, 0.1) is 6.10 Å². The van der Waals surface area contributed by atoms with Gasteiger partial charge in [0.25, 0.3) is 0 Å². The Bertz CT molecular complexity index is 249. The van der Waals surface area contributed by atoms with E-state index in [1.165, 1.54) is 5.56 Å². The Balaban J connectivity index is 2.31. The van der Waals surface area contributed by atoms with Gasteiger partial charge in [0.15, 0.2) is 0 Å². The zero-order valence-electron chi connectivity index (χ0n) is 7.98. The minimum atomic E-state index is -0.230. The lowest BCUT2D eigenvalue weighted by Crippen LogP contribution is -1.95. The standard InChI is InChI=1S/C12H16O/c1-11(13)7-5-6-10-12-8-3-2-4-9-12/h2-6,8-9,11,13H,7,10H2,1H3/b6-5+/t11-/m0/s1. The van der Waals surface area contributed by atoms with Crippen LogP contribution in [0.15, 0.2) is 42.5 Å². The van der Waals surface area contributed by atoms with Crippen molar-refractivity contribution in [1.82, 2.24) is 0 Å². The molecule has 13 heavy (non-hydrogen) atoms. The summed E-state index contributed by atoms with van der Waals surface area (Å²) < 4.78 is 0. The van der Waals surface area contributed by atoms with Crippen LogP contribution in [-0.2, 0) is 6.42 Å². The summed E-state index contributed by atoms with van der Waals surface area (Å²) in [6.07, 6.45) is 5.59. The number of hydrogen-bond donors (Lipinski definition) is 1. The molecule has 0 aliphatic carbocycles. The van der Waals surface area contributed by atoms with E-state index in [1.54, 1.807) is 6.92 Å². The van der Waals surface area contributed by atoms with Crippen LogP contribution < -0.4 is 0 Å². The number of allylic oxidation sites excluding steroid dienone is 1. The van der Waals surface area contributed by atoms with Crippen molar-refractivity contribution >= 4 is 0 Å². The second-order valence-corrected chi connectivity index (χ2v) is 3.25. The molecule has 1 heteroatoms. The van der Waals surface area contributed by atoms with Gasteiger partial charge in [0.1, 0.15) is 0 Å². The highest BCUT2D eigenvalue weighted by Crippen LogP contribution is 2.01. The zero-order valence-corrected chi connectivity index (χ0v) is 7.98. The minimum absolute atomic E-state index is 0.230. The molecule has 0 saturated heterocycles. The number of aliphatic hydroxyl groups excluding tert-OH is 1. The largest absolute Gasteiger partial charge is 0.393 e. The molecule has 0 fully saturated rings. The number of aliphatic hydroxyl groups is 1. The van der Waals surface area contributed by atoms with Gasteiger partial charge in [-0.3, -0.25) is 0 Å². The maximum absolute atomic E-state index is 9.00. The maximum atomic E-state index is 9.00. The summed E-state index contributed by atoms with van der Waals surface area (Å²) >= 11 is 0. The SMILES string of the molecule is C[C@H](O)C/C=C/Cc1ccccc1. The molecule has 1 aromatic carbocycles. The molecule has 0 saturated carbocycles. The van der Waals surface area contributed by atoms with Gasteiger partial charge in [0, 0.05) is 0 Å². The fraction of sp³-hybridized carbons (Fsp3) is 0.333. The summed E-state index contributed by atoms with van der Waals surface area (Å²) in [6, 6.07) is 10.3. The van der Waals surface area contributed by atoms with E-state index in [2.05, 4.69) is 18.2 Å². The van der Waals surface area contributed by atoms with Crippen molar-refractivity contribution in [3.05, 3.63) is 48.0 Å². The Hall–Kier alpha value is -1.08. The van der Waals surface area contributed by atoms with Crippen LogP contribution in [0.25, 0.3) is 0 Å². The van der Waals surface area contributed by atoms with Gasteiger partial charge in [-0.25, -0.2) is 0 Å². The average Bonchev–Trinajstić information content (AvgIpc) is 2.14. The summed E-state index contributed by atoms with van der Waals surface area (Å²) in [7, 11) is 0. The third-order valence-corrected chi connectivity index (χ3v) is 1.84. The predicted molar refractivity (Wildman–Crippen MR) is 55.6 cm³/mol. The third-order valence-electron chi connectivity index (χ3n) is 1.84. The van der Waals surface area contributed by atoms with E-state index in [1.807, 2.05) is 24.3 Å². The molecule has 0 aliphatic rings. The van der Waals surface area contributed by atoms with Crippen molar-refractivity contribution in [1.29, 1.82) is 0 Å². The van der Waals surface area contributed by atoms with Crippen LogP contribution >= 0.6 is 0 Å². The molecule has 0 amide bonds. The molecule has 70 valence electrons. The number of rotatable bonds is 4. The van der Waals surface area contributed by atoms with Crippen molar-refractivity contribution in [2.24, 2.45) is 0 Å². The summed E-state index contributed by atoms with van der Waals surface area (Å²) in [6.45, 7) is 1.80. The Kier molecular flexibility index (Phi) is 4.27. The highest BCUT2D eigenvalue weighted by atomic mass is 16.3. The average molecular weight is 176 g/mol. The van der Waals surface area contributed by atoms with Gasteiger partial charge in [-0.05, 0) is 25.3 Å². The minimum Gasteiger partial charge on any atom is -0.393 e. The van der Waals surface area contributed by atoms with Crippen molar-refractivity contribution in [2.45, 2.75) is 25.9 Å². The van der Waals surface area contributed by atoms with Gasteiger partial charge in [-0.1, -0.05) is 42.5 Å². The molecule has 1 aromatic rings. The van der Waals surface area contributed by atoms with E-state index in [-0.39, 0.29) is 6.10 Å². The Labute approximate surface area is 79.7 Å². The van der Waals surface area contributed by atoms with Gasteiger partial charge < -0.3 is 5.11 Å². The number of benzene rings is 1. The fourth-order valence-electron chi connectivity index (χ4n) is 1.13. The molecule has 0 spiro atoms. The van der Waals surface area contributed by atoms with Crippen LogP contribution in [0.1, 0.15) is 18.9 Å². The molecule has 1 nitrogen and oxygen atoms in total. The lowest BCUT2D eigenvalue weighted by Gasteiger charge is -1.97. The van der Waals surface area contributed by atoms with Gasteiger partial charge in [-0.15, -0.1) is 0 Å². The highest BCUT2D eigenvalue weighted by Gasteiger charge is 1.89. The molecule has 0 heterocycles. The molecule has 1 atom stereocenters. The molecule has 1 N–H and O–H groups in total. The summed E-state index contributed by atoms with van der Waals surface area (Å²) in [5.41, 5.74) is 1.31. The Morgan fingerprint density at radius 1 is 1.23 bits per heavy atom. The van der Waals surface area contributed by atoms with E-state index < -0.39 is 0 Å². The Morgan fingerprint density at radius 2 is 1.92 bits per heavy atom. The summed E-state index contributed by atoms with van der Waals surface area (Å²) in [5, 5.41) is 9.00. The normalized spacial score (nSPS) is 13.4. The number of hydrogen-bond acceptors (Lipinski definition) is 1. The van der Waals surface area contributed by atoms with Crippen LogP contribution in [0.2, 0.25) is 0 Å². The second kappa shape index (κ2) is 5.55. The fourth-order valence-corrected chi connectivity index (χ4v) is 1.13. The molecular weight excluding hydrogens is 160 g/mol. The first kappa shape index (κ1) is 10.0. The Morgan fingerprint density at radius 3 is 2.54 bits per heavy atom. The van der Waals surface area contributed by atoms with Crippen LogP contribution in [0.5, 0.6) is 0 Å². The third kappa shape index (κ3) is 4.48. The van der Waals surface area contributed by atoms with Crippen LogP contribution in [0, 0.1) is 0 Å². The van der Waals surface area contributed by atoms with E-state index in [4.69, 9.17) is 5.11 Å². The molecule has 1 rings (SSSR count). The molecule has 0 aromatic heterocycles. The zero-order chi connectivity index (χ0) is 9.52. The van der Waals surface area contributed by atoms with Gasteiger partial charge in [-0.2, -0.15) is 0 Å². The quantitative estimate of drug-likeness (QED) is 0.699. The lowest BCUT2D eigenvalue weighted by molar-refractivity contribution is 0.198. The van der Waals surface area contributed by atoms with E-state index in [0.717, 1.165) is 12.8 Å². The maximum Gasteiger partial charge on any atom is 0.0546 e. The van der Waals surface area contributed by atoms with Crippen molar-refractivity contribution < 1.29 is 5.11 Å². The van der Waals surface area contributed by atoms with Gasteiger partial charge in [0.2, 0.25) is 0 Å².